The number of likely N-dealkylation sites (N-methyl/N-ethyl adjacent to an activating group) is 1. The number of rotatable bonds is 5. The number of hydrogen-bond acceptors (Lipinski definition) is 4. The van der Waals surface area contributed by atoms with Gasteiger partial charge in [0.1, 0.15) is 0 Å². The van der Waals surface area contributed by atoms with Crippen molar-refractivity contribution in [1.82, 2.24) is 9.88 Å². The molecule has 1 unspecified atom stereocenters. The number of allylic oxidation sites excluding steroid dienone is 1. The second-order valence-corrected chi connectivity index (χ2v) is 6.36. The van der Waals surface area contributed by atoms with Crippen molar-refractivity contribution in [2.75, 3.05) is 20.3 Å². The summed E-state index contributed by atoms with van der Waals surface area (Å²) in [4.78, 5) is 15.6. The molecular weight excluding hydrogens is 334 g/mol. The Morgan fingerprint density at radius 2 is 2.43 bits per heavy atom. The van der Waals surface area contributed by atoms with Crippen LogP contribution in [0.1, 0.15) is 28.4 Å². The Bertz CT molecular complexity index is 597. The predicted octanol–water partition coefficient (Wildman–Crippen LogP) is 2.12. The Balaban J connectivity index is 1.91. The fraction of sp³-hybridized carbons (Fsp3) is 0.467. The lowest BCUT2D eigenvalue weighted by Gasteiger charge is -2.41. The average Bonchev–Trinajstić information content (AvgIpc) is 2.79. The first kappa shape index (κ1) is 14.7. The molecule has 1 N–H and O–H groups in total. The first-order valence-corrected chi connectivity index (χ1v) is 7.77. The maximum absolute atomic E-state index is 11.5. The molecule has 1 saturated heterocycles. The molecule has 6 heteroatoms. The van der Waals surface area contributed by atoms with Crippen LogP contribution in [0.3, 0.4) is 0 Å². The van der Waals surface area contributed by atoms with Crippen LogP contribution in [0, 0.1) is 0 Å². The molecule has 0 spiro atoms. The van der Waals surface area contributed by atoms with Crippen molar-refractivity contribution in [3.8, 4) is 0 Å². The van der Waals surface area contributed by atoms with E-state index in [0.717, 1.165) is 29.3 Å². The molecule has 1 aromatic rings. The fourth-order valence-corrected chi connectivity index (χ4v) is 3.48. The molecule has 21 heavy (non-hydrogen) atoms. The molecule has 0 aliphatic carbocycles. The Hall–Kier alpha value is -1.24. The van der Waals surface area contributed by atoms with Crippen LogP contribution in [0.15, 0.2) is 27.9 Å². The maximum Gasteiger partial charge on any atom is 0.167 e. The van der Waals surface area contributed by atoms with Gasteiger partial charge in [-0.2, -0.15) is 0 Å². The average molecular weight is 352 g/mol. The van der Waals surface area contributed by atoms with Crippen LogP contribution in [0.25, 0.3) is 0 Å². The molecule has 2 aliphatic rings. The topological polar surface area (TPSA) is 55.6 Å². The minimum Gasteiger partial charge on any atom is -0.377 e. The molecule has 1 aromatic heterocycles. The smallest absolute Gasteiger partial charge is 0.167 e. The number of hydrogen-bond donors (Lipinski definition) is 1. The number of carbonyl (C=O) groups excluding carboxylic acids is 1. The largest absolute Gasteiger partial charge is 0.377 e. The maximum atomic E-state index is 11.5. The van der Waals surface area contributed by atoms with Crippen LogP contribution in [0.2, 0.25) is 0 Å². The van der Waals surface area contributed by atoms with E-state index < -0.39 is 0 Å². The Kier molecular flexibility index (Phi) is 4.10. The van der Waals surface area contributed by atoms with E-state index >= 15 is 0 Å². The van der Waals surface area contributed by atoms with E-state index in [1.807, 2.05) is 24.0 Å². The van der Waals surface area contributed by atoms with Crippen molar-refractivity contribution in [2.45, 2.75) is 24.4 Å². The molecule has 2 aliphatic heterocycles. The van der Waals surface area contributed by atoms with E-state index in [0.29, 0.717) is 18.9 Å². The van der Waals surface area contributed by atoms with Gasteiger partial charge in [0.15, 0.2) is 6.29 Å². The summed E-state index contributed by atoms with van der Waals surface area (Å²) >= 11 is 3.59. The molecule has 0 radical (unpaired) electrons. The second kappa shape index (κ2) is 5.87. The van der Waals surface area contributed by atoms with Crippen LogP contribution in [0.5, 0.6) is 0 Å². The van der Waals surface area contributed by atoms with Crippen LogP contribution in [-0.4, -0.2) is 42.9 Å². The lowest BCUT2D eigenvalue weighted by atomic mass is 9.97. The number of nitrogens with zero attached hydrogens (tertiary/aromatic N) is 2. The van der Waals surface area contributed by atoms with E-state index in [1.165, 1.54) is 0 Å². The summed E-state index contributed by atoms with van der Waals surface area (Å²) in [5.41, 5.74) is 1.74. The molecule has 1 fully saturated rings. The highest BCUT2D eigenvalue weighted by Crippen LogP contribution is 2.34. The predicted molar refractivity (Wildman–Crippen MR) is 85.1 cm³/mol. The van der Waals surface area contributed by atoms with Gasteiger partial charge in [0.2, 0.25) is 0 Å². The van der Waals surface area contributed by atoms with E-state index in [-0.39, 0.29) is 11.5 Å². The molecule has 1 atom stereocenters. The molecule has 0 aromatic carbocycles. The van der Waals surface area contributed by atoms with Crippen molar-refractivity contribution in [1.29, 1.82) is 0 Å². The number of aldehydes is 1. The molecule has 3 heterocycles. The van der Waals surface area contributed by atoms with Gasteiger partial charge in [0.25, 0.3) is 0 Å². The zero-order valence-electron chi connectivity index (χ0n) is 11.9. The number of carbonyl (C=O) groups is 1. The Morgan fingerprint density at radius 3 is 2.95 bits per heavy atom. The van der Waals surface area contributed by atoms with Gasteiger partial charge in [0, 0.05) is 35.5 Å². The van der Waals surface area contributed by atoms with Gasteiger partial charge in [0.05, 0.1) is 24.4 Å². The highest BCUT2D eigenvalue weighted by molar-refractivity contribution is 9.10. The third-order valence-corrected chi connectivity index (χ3v) is 5.09. The van der Waals surface area contributed by atoms with Crippen molar-refractivity contribution >= 4 is 28.4 Å². The van der Waals surface area contributed by atoms with E-state index in [4.69, 9.17) is 4.74 Å². The van der Waals surface area contributed by atoms with Crippen molar-refractivity contribution in [2.24, 2.45) is 4.99 Å². The summed E-state index contributed by atoms with van der Waals surface area (Å²) in [6.45, 7) is 2.06. The normalized spacial score (nSPS) is 23.0. The third-order valence-electron chi connectivity index (χ3n) is 4.22. The molecule has 0 bridgehead atoms. The Morgan fingerprint density at radius 1 is 1.62 bits per heavy atom. The highest BCUT2D eigenvalue weighted by Gasteiger charge is 2.38. The van der Waals surface area contributed by atoms with Crippen LogP contribution < -0.4 is 5.32 Å². The van der Waals surface area contributed by atoms with Gasteiger partial charge in [-0.15, -0.1) is 0 Å². The molecular formula is C15H18BrN3O2. The van der Waals surface area contributed by atoms with Crippen molar-refractivity contribution in [3.05, 3.63) is 34.2 Å². The molecule has 3 rings (SSSR count). The monoisotopic (exact) mass is 351 g/mol. The second-order valence-electron chi connectivity index (χ2n) is 5.57. The number of ether oxygens (including phenoxy) is 1. The molecule has 0 amide bonds. The van der Waals surface area contributed by atoms with Crippen molar-refractivity contribution in [3.63, 3.8) is 0 Å². The first-order valence-electron chi connectivity index (χ1n) is 6.98. The minimum atomic E-state index is -0.0721. The number of nitrogens with one attached hydrogen (secondary N) is 1. The lowest BCUT2D eigenvalue weighted by Crippen LogP contribution is -2.61. The molecule has 0 saturated carbocycles. The zero-order valence-corrected chi connectivity index (χ0v) is 13.5. The summed E-state index contributed by atoms with van der Waals surface area (Å²) in [7, 11) is 1.93. The third kappa shape index (κ3) is 2.63. The van der Waals surface area contributed by atoms with Crippen LogP contribution in [-0.2, 0) is 11.3 Å². The van der Waals surface area contributed by atoms with Gasteiger partial charge >= 0.3 is 0 Å². The summed E-state index contributed by atoms with van der Waals surface area (Å²) in [6, 6.07) is 0. The van der Waals surface area contributed by atoms with Crippen molar-refractivity contribution < 1.29 is 9.53 Å². The summed E-state index contributed by atoms with van der Waals surface area (Å²) in [5.74, 6) is 0.264. The summed E-state index contributed by atoms with van der Waals surface area (Å²) < 4.78 is 8.23. The summed E-state index contributed by atoms with van der Waals surface area (Å²) in [5, 5.41) is 3.31. The highest BCUT2D eigenvalue weighted by atomic mass is 79.9. The van der Waals surface area contributed by atoms with Gasteiger partial charge in [-0.3, -0.25) is 9.79 Å². The van der Waals surface area contributed by atoms with Gasteiger partial charge in [-0.1, -0.05) is 6.08 Å². The van der Waals surface area contributed by atoms with Gasteiger partial charge in [-0.05, 0) is 35.0 Å². The molecule has 5 nitrogen and oxygen atoms in total. The van der Waals surface area contributed by atoms with Gasteiger partial charge < -0.3 is 14.6 Å². The number of aromatic nitrogens is 1. The fourth-order valence-electron chi connectivity index (χ4n) is 2.76. The van der Waals surface area contributed by atoms with E-state index in [2.05, 4.69) is 38.5 Å². The van der Waals surface area contributed by atoms with E-state index in [1.54, 1.807) is 0 Å². The number of aliphatic imine (C=N–C) groups is 1. The summed E-state index contributed by atoms with van der Waals surface area (Å²) in [6.07, 6.45) is 9.63. The van der Waals surface area contributed by atoms with Crippen LogP contribution in [0.4, 0.5) is 0 Å². The van der Waals surface area contributed by atoms with Gasteiger partial charge in [-0.25, -0.2) is 0 Å². The zero-order chi connectivity index (χ0) is 14.9. The molecule has 112 valence electrons. The first-order chi connectivity index (χ1) is 10.2. The quantitative estimate of drug-likeness (QED) is 0.826. The number of halogens is 1. The van der Waals surface area contributed by atoms with E-state index in [9.17, 15) is 4.79 Å². The lowest BCUT2D eigenvalue weighted by molar-refractivity contribution is -0.0788. The Labute approximate surface area is 132 Å². The van der Waals surface area contributed by atoms with Crippen LogP contribution >= 0.6 is 15.9 Å². The standard InChI is InChI=1S/C15H18BrN3O2/c1-17-15(9-21-10-15)8-19-6-12(14(16)13(19)7-20)11-2-4-18-5-3-11/h2,4-7,11,17H,3,8-10H2,1H3. The minimum absolute atomic E-state index is 0.0721. The SMILES string of the molecule is CNC1(Cn2cc(C3C=CN=CC3)c(Br)c2C=O)COC1.